The lowest BCUT2D eigenvalue weighted by Crippen LogP contribution is -2.28. The van der Waals surface area contributed by atoms with Crippen LogP contribution in [0.3, 0.4) is 0 Å². The Morgan fingerprint density at radius 3 is 2.36 bits per heavy atom. The zero-order chi connectivity index (χ0) is 20.2. The Balaban J connectivity index is 2.10. The van der Waals surface area contributed by atoms with E-state index in [9.17, 15) is 9.59 Å². The number of para-hydroxylation sites is 2. The van der Waals surface area contributed by atoms with Gasteiger partial charge in [0.1, 0.15) is 5.75 Å². The van der Waals surface area contributed by atoms with E-state index in [-0.39, 0.29) is 11.8 Å². The van der Waals surface area contributed by atoms with Crippen molar-refractivity contribution in [2.45, 2.75) is 26.2 Å². The highest BCUT2D eigenvalue weighted by Gasteiger charge is 2.16. The molecule has 0 aliphatic heterocycles. The number of unbranched alkanes of at least 4 members (excludes halogenated alkanes) is 2. The number of hydrogen-bond donors (Lipinski definition) is 2. The van der Waals surface area contributed by atoms with Gasteiger partial charge in [-0.05, 0) is 30.7 Å². The van der Waals surface area contributed by atoms with E-state index in [1.54, 1.807) is 49.6 Å². The van der Waals surface area contributed by atoms with Crippen LogP contribution in [0.25, 0.3) is 0 Å². The monoisotopic (exact) mass is 384 g/mol. The van der Waals surface area contributed by atoms with Crippen molar-refractivity contribution in [3.8, 4) is 5.75 Å². The summed E-state index contributed by atoms with van der Waals surface area (Å²) in [6.45, 7) is 3.51. The predicted octanol–water partition coefficient (Wildman–Crippen LogP) is 3.88. The molecule has 2 aromatic carbocycles. The second-order valence-corrected chi connectivity index (χ2v) is 6.30. The fraction of sp³-hybridized carbons (Fsp3) is 0.364. The molecule has 0 saturated carbocycles. The van der Waals surface area contributed by atoms with E-state index < -0.39 is 0 Å². The van der Waals surface area contributed by atoms with Crippen molar-refractivity contribution in [3.05, 3.63) is 59.7 Å². The van der Waals surface area contributed by atoms with Gasteiger partial charge in [0, 0.05) is 13.7 Å². The lowest BCUT2D eigenvalue weighted by molar-refractivity contribution is 0.0938. The Bertz CT molecular complexity index is 777. The first-order chi connectivity index (χ1) is 13.7. The molecule has 28 heavy (non-hydrogen) atoms. The summed E-state index contributed by atoms with van der Waals surface area (Å²) in [5, 5.41) is 5.59. The number of ether oxygens (including phenoxy) is 2. The summed E-state index contributed by atoms with van der Waals surface area (Å²) in [6.07, 6.45) is 3.13. The van der Waals surface area contributed by atoms with E-state index in [1.165, 1.54) is 0 Å². The van der Waals surface area contributed by atoms with Gasteiger partial charge in [-0.25, -0.2) is 0 Å². The highest BCUT2D eigenvalue weighted by atomic mass is 16.5. The van der Waals surface area contributed by atoms with Crippen molar-refractivity contribution in [2.24, 2.45) is 0 Å². The average Bonchev–Trinajstić information content (AvgIpc) is 2.72. The first-order valence-electron chi connectivity index (χ1n) is 9.56. The summed E-state index contributed by atoms with van der Waals surface area (Å²) in [6, 6.07) is 14.0. The van der Waals surface area contributed by atoms with Crippen LogP contribution in [0.4, 0.5) is 5.69 Å². The van der Waals surface area contributed by atoms with Crippen LogP contribution in [0.5, 0.6) is 5.75 Å². The van der Waals surface area contributed by atoms with Gasteiger partial charge in [-0.3, -0.25) is 9.59 Å². The molecule has 0 bridgehead atoms. The Labute approximate surface area is 166 Å². The summed E-state index contributed by atoms with van der Waals surface area (Å²) in [5.41, 5.74) is 1.28. The lowest BCUT2D eigenvalue weighted by atomic mass is 10.1. The first-order valence-corrected chi connectivity index (χ1v) is 9.56. The minimum Gasteiger partial charge on any atom is -0.493 e. The zero-order valence-electron chi connectivity index (χ0n) is 16.5. The van der Waals surface area contributed by atoms with Gasteiger partial charge < -0.3 is 20.1 Å². The number of benzene rings is 2. The molecule has 0 spiro atoms. The van der Waals surface area contributed by atoms with E-state index in [2.05, 4.69) is 17.6 Å². The van der Waals surface area contributed by atoms with Crippen LogP contribution in [0.15, 0.2) is 48.5 Å². The molecule has 0 unspecified atom stereocenters. The largest absolute Gasteiger partial charge is 0.493 e. The molecule has 0 saturated heterocycles. The van der Waals surface area contributed by atoms with Crippen molar-refractivity contribution in [2.75, 3.05) is 32.2 Å². The number of amides is 2. The summed E-state index contributed by atoms with van der Waals surface area (Å²) in [5.74, 6) is -0.0431. The van der Waals surface area contributed by atoms with Gasteiger partial charge in [-0.2, -0.15) is 0 Å². The molecule has 0 aliphatic carbocycles. The van der Waals surface area contributed by atoms with Crippen LogP contribution in [0.2, 0.25) is 0 Å². The summed E-state index contributed by atoms with van der Waals surface area (Å²) in [4.78, 5) is 25.2. The number of carbonyl (C=O) groups is 2. The molecule has 0 aliphatic rings. The number of hydrogen-bond acceptors (Lipinski definition) is 4. The van der Waals surface area contributed by atoms with Crippen LogP contribution in [-0.2, 0) is 4.74 Å². The SMILES string of the molecule is CCCCCOc1ccccc1C(=O)Nc1ccccc1C(=O)NCCOC. The quantitative estimate of drug-likeness (QED) is 0.577. The van der Waals surface area contributed by atoms with Gasteiger partial charge in [0.25, 0.3) is 11.8 Å². The van der Waals surface area contributed by atoms with Crippen molar-refractivity contribution >= 4 is 17.5 Å². The molecule has 2 N–H and O–H groups in total. The molecule has 0 atom stereocenters. The van der Waals surface area contributed by atoms with E-state index >= 15 is 0 Å². The average molecular weight is 384 g/mol. The summed E-state index contributed by atoms with van der Waals surface area (Å²) < 4.78 is 10.7. The van der Waals surface area contributed by atoms with E-state index in [0.717, 1.165) is 19.3 Å². The third-order valence-corrected chi connectivity index (χ3v) is 4.15. The molecular weight excluding hydrogens is 356 g/mol. The van der Waals surface area contributed by atoms with Gasteiger partial charge in [0.05, 0.1) is 30.0 Å². The minimum absolute atomic E-state index is 0.267. The highest BCUT2D eigenvalue weighted by Crippen LogP contribution is 2.22. The Morgan fingerprint density at radius 2 is 1.61 bits per heavy atom. The second-order valence-electron chi connectivity index (χ2n) is 6.30. The van der Waals surface area contributed by atoms with Crippen molar-refractivity contribution in [1.29, 1.82) is 0 Å². The van der Waals surface area contributed by atoms with E-state index in [1.807, 2.05) is 6.07 Å². The molecule has 0 radical (unpaired) electrons. The molecule has 150 valence electrons. The number of methoxy groups -OCH3 is 1. The molecule has 6 nitrogen and oxygen atoms in total. The normalized spacial score (nSPS) is 10.4. The Hall–Kier alpha value is -2.86. The molecule has 2 rings (SSSR count). The van der Waals surface area contributed by atoms with Crippen molar-refractivity contribution in [1.82, 2.24) is 5.32 Å². The van der Waals surface area contributed by atoms with Crippen LogP contribution in [0.1, 0.15) is 46.9 Å². The smallest absolute Gasteiger partial charge is 0.259 e. The second kappa shape index (κ2) is 11.8. The zero-order valence-corrected chi connectivity index (χ0v) is 16.5. The van der Waals surface area contributed by atoms with E-state index in [0.29, 0.717) is 42.3 Å². The topological polar surface area (TPSA) is 76.7 Å². The van der Waals surface area contributed by atoms with Crippen LogP contribution in [-0.4, -0.2) is 38.7 Å². The third kappa shape index (κ3) is 6.39. The maximum absolute atomic E-state index is 12.8. The fourth-order valence-electron chi connectivity index (χ4n) is 2.66. The maximum Gasteiger partial charge on any atom is 0.259 e. The van der Waals surface area contributed by atoms with Gasteiger partial charge in [-0.1, -0.05) is 44.0 Å². The van der Waals surface area contributed by atoms with Gasteiger partial charge in [-0.15, -0.1) is 0 Å². The Morgan fingerprint density at radius 1 is 0.893 bits per heavy atom. The molecule has 0 fully saturated rings. The standard InChI is InChI=1S/C22H28N2O4/c1-3-4-9-15-28-20-13-8-6-11-18(20)22(26)24-19-12-7-5-10-17(19)21(25)23-14-16-27-2/h5-8,10-13H,3-4,9,14-16H2,1-2H3,(H,23,25)(H,24,26). The molecule has 2 aromatic rings. The lowest BCUT2D eigenvalue weighted by Gasteiger charge is -2.14. The predicted molar refractivity (Wildman–Crippen MR) is 110 cm³/mol. The number of carbonyl (C=O) groups excluding carboxylic acids is 2. The number of nitrogens with one attached hydrogen (secondary N) is 2. The summed E-state index contributed by atoms with van der Waals surface area (Å²) in [7, 11) is 1.57. The molecule has 2 amide bonds. The number of anilines is 1. The van der Waals surface area contributed by atoms with E-state index in [4.69, 9.17) is 9.47 Å². The number of rotatable bonds is 11. The van der Waals surface area contributed by atoms with Crippen molar-refractivity contribution in [3.63, 3.8) is 0 Å². The molecular formula is C22H28N2O4. The summed E-state index contributed by atoms with van der Waals surface area (Å²) >= 11 is 0. The fourth-order valence-corrected chi connectivity index (χ4v) is 2.66. The molecule has 0 aromatic heterocycles. The van der Waals surface area contributed by atoms with Crippen LogP contribution >= 0.6 is 0 Å². The van der Waals surface area contributed by atoms with Gasteiger partial charge in [0.2, 0.25) is 0 Å². The van der Waals surface area contributed by atoms with Crippen LogP contribution in [0, 0.1) is 0 Å². The van der Waals surface area contributed by atoms with Gasteiger partial charge >= 0.3 is 0 Å². The van der Waals surface area contributed by atoms with Crippen molar-refractivity contribution < 1.29 is 19.1 Å². The maximum atomic E-state index is 12.8. The first kappa shape index (κ1) is 21.4. The third-order valence-electron chi connectivity index (χ3n) is 4.15. The Kier molecular flexibility index (Phi) is 9.01. The van der Waals surface area contributed by atoms with Crippen LogP contribution < -0.4 is 15.4 Å². The van der Waals surface area contributed by atoms with Gasteiger partial charge in [0.15, 0.2) is 0 Å². The minimum atomic E-state index is -0.316. The highest BCUT2D eigenvalue weighted by molar-refractivity contribution is 6.10. The molecule has 0 heterocycles. The molecule has 6 heteroatoms.